The number of benzene rings is 1. The van der Waals surface area contributed by atoms with Crippen LogP contribution in [-0.4, -0.2) is 27.9 Å². The summed E-state index contributed by atoms with van der Waals surface area (Å²) in [4.78, 5) is 34.2. The van der Waals surface area contributed by atoms with Gasteiger partial charge in [0.15, 0.2) is 0 Å². The number of halogens is 1. The van der Waals surface area contributed by atoms with Gasteiger partial charge in [0.1, 0.15) is 6.10 Å². The van der Waals surface area contributed by atoms with Crippen LogP contribution >= 0.6 is 22.9 Å². The van der Waals surface area contributed by atoms with Crippen molar-refractivity contribution in [3.8, 4) is 0 Å². The minimum atomic E-state index is -0.679. The quantitative estimate of drug-likeness (QED) is 0.424. The summed E-state index contributed by atoms with van der Waals surface area (Å²) in [5, 5.41) is 1.65. The van der Waals surface area contributed by atoms with Gasteiger partial charge in [0.25, 0.3) is 6.33 Å². The third-order valence-corrected chi connectivity index (χ3v) is 8.14. The molecule has 0 saturated carbocycles. The second kappa shape index (κ2) is 7.28. The molecule has 3 unspecified atom stereocenters. The van der Waals surface area contributed by atoms with Crippen LogP contribution in [0, 0.1) is 5.41 Å². The average molecular weight is 457 g/mol. The molecule has 0 N–H and O–H groups in total. The third-order valence-electron chi connectivity index (χ3n) is 6.55. The van der Waals surface area contributed by atoms with Gasteiger partial charge in [0.2, 0.25) is 15.9 Å². The van der Waals surface area contributed by atoms with E-state index in [4.69, 9.17) is 16.3 Å². The van der Waals surface area contributed by atoms with E-state index in [1.165, 1.54) is 10.5 Å². The SMILES string of the molecule is CC1C(c2ccccc2)OC(=O)N1C(=O)C1(C)CCc2c(sc3nc[n+](C)c(Cl)c23)C1. The van der Waals surface area contributed by atoms with Gasteiger partial charge in [-0.05, 0) is 53.9 Å². The molecule has 0 spiro atoms. The Bertz CT molecular complexity index is 1210. The average Bonchev–Trinajstić information content (AvgIpc) is 3.27. The molecule has 0 bridgehead atoms. The number of thiophene rings is 1. The molecule has 3 aromatic rings. The summed E-state index contributed by atoms with van der Waals surface area (Å²) in [7, 11) is 1.87. The minimum Gasteiger partial charge on any atom is -0.439 e. The van der Waals surface area contributed by atoms with Crippen LogP contribution in [0.15, 0.2) is 36.7 Å². The van der Waals surface area contributed by atoms with Crippen molar-refractivity contribution in [1.82, 2.24) is 9.88 Å². The lowest BCUT2D eigenvalue weighted by Crippen LogP contribution is -2.48. The number of carbonyl (C=O) groups excluding carboxylic acids is 2. The van der Waals surface area contributed by atoms with Crippen LogP contribution in [0.1, 0.15) is 42.4 Å². The van der Waals surface area contributed by atoms with Gasteiger partial charge in [0, 0.05) is 4.88 Å². The molecular formula is C23H23ClN3O3S+. The van der Waals surface area contributed by atoms with Gasteiger partial charge in [0.05, 0.1) is 23.9 Å². The van der Waals surface area contributed by atoms with Crippen molar-refractivity contribution in [1.29, 1.82) is 0 Å². The monoisotopic (exact) mass is 456 g/mol. The highest BCUT2D eigenvalue weighted by atomic mass is 35.5. The zero-order chi connectivity index (χ0) is 21.9. The molecule has 5 rings (SSSR count). The Hall–Kier alpha value is -2.51. The Kier molecular flexibility index (Phi) is 4.79. The molecular weight excluding hydrogens is 434 g/mol. The normalized spacial score (nSPS) is 25.5. The number of aryl methyl sites for hydroxylation is 2. The fraction of sp³-hybridized carbons (Fsp3) is 0.391. The van der Waals surface area contributed by atoms with Crippen LogP contribution < -0.4 is 4.57 Å². The van der Waals surface area contributed by atoms with E-state index in [-0.39, 0.29) is 11.9 Å². The number of rotatable bonds is 2. The molecule has 8 heteroatoms. The molecule has 160 valence electrons. The van der Waals surface area contributed by atoms with Crippen molar-refractivity contribution in [2.45, 2.75) is 45.3 Å². The van der Waals surface area contributed by atoms with E-state index in [2.05, 4.69) is 4.98 Å². The first-order chi connectivity index (χ1) is 14.8. The molecule has 1 aliphatic carbocycles. The van der Waals surface area contributed by atoms with Gasteiger partial charge in [-0.1, -0.05) is 48.6 Å². The number of aromatic nitrogens is 2. The van der Waals surface area contributed by atoms with Crippen LogP contribution in [0.3, 0.4) is 0 Å². The lowest BCUT2D eigenvalue weighted by Gasteiger charge is -2.35. The van der Waals surface area contributed by atoms with Crippen molar-refractivity contribution < 1.29 is 18.9 Å². The first kappa shape index (κ1) is 20.4. The number of ether oxygens (including phenoxy) is 1. The molecule has 1 saturated heterocycles. The number of carbonyl (C=O) groups is 2. The highest BCUT2D eigenvalue weighted by Gasteiger charge is 2.50. The molecule has 3 atom stereocenters. The lowest BCUT2D eigenvalue weighted by atomic mass is 9.74. The molecule has 31 heavy (non-hydrogen) atoms. The maximum atomic E-state index is 13.6. The molecule has 2 aromatic heterocycles. The Morgan fingerprint density at radius 2 is 2.10 bits per heavy atom. The van der Waals surface area contributed by atoms with Crippen molar-refractivity contribution in [2.75, 3.05) is 0 Å². The van der Waals surface area contributed by atoms with Gasteiger partial charge in [-0.2, -0.15) is 0 Å². The summed E-state index contributed by atoms with van der Waals surface area (Å²) in [6, 6.07) is 9.21. The summed E-state index contributed by atoms with van der Waals surface area (Å²) in [5.74, 6) is -0.170. The van der Waals surface area contributed by atoms with Crippen LogP contribution in [0.2, 0.25) is 5.15 Å². The Morgan fingerprint density at radius 3 is 2.84 bits per heavy atom. The number of hydrogen-bond donors (Lipinski definition) is 0. The highest BCUT2D eigenvalue weighted by molar-refractivity contribution is 7.19. The standard InChI is InChI=1S/C23H23ClN3O3S/c1-13-18(14-7-5-4-6-8-14)30-22(29)27(13)21(28)23(2)10-9-15-16(11-23)31-20-17(15)19(24)26(3)12-25-20/h4-8,12-13,18H,9-11H2,1-3H3/q+1. The third kappa shape index (κ3) is 3.13. The van der Waals surface area contributed by atoms with Crippen molar-refractivity contribution >= 4 is 45.2 Å². The lowest BCUT2D eigenvalue weighted by molar-refractivity contribution is -0.670. The van der Waals surface area contributed by atoms with Crippen LogP contribution in [0.25, 0.3) is 10.2 Å². The van der Waals surface area contributed by atoms with Crippen molar-refractivity contribution in [3.63, 3.8) is 0 Å². The number of fused-ring (bicyclic) bond motifs is 3. The largest absolute Gasteiger partial charge is 0.439 e. The number of amides is 2. The van der Waals surface area contributed by atoms with E-state index in [0.717, 1.165) is 27.1 Å². The summed E-state index contributed by atoms with van der Waals surface area (Å²) < 4.78 is 7.42. The van der Waals surface area contributed by atoms with Crippen LogP contribution in [-0.2, 0) is 29.4 Å². The maximum Gasteiger partial charge on any atom is 0.417 e. The van der Waals surface area contributed by atoms with Gasteiger partial charge in [-0.25, -0.2) is 14.3 Å². The summed E-state index contributed by atoms with van der Waals surface area (Å²) in [5.41, 5.74) is 1.40. The number of imide groups is 1. The number of cyclic esters (lactones) is 1. The van der Waals surface area contributed by atoms with Gasteiger partial charge in [-0.3, -0.25) is 4.79 Å². The number of nitrogens with zero attached hydrogens (tertiary/aromatic N) is 3. The van der Waals surface area contributed by atoms with Crippen molar-refractivity contribution in [2.24, 2.45) is 12.5 Å². The minimum absolute atomic E-state index is 0.170. The summed E-state index contributed by atoms with van der Waals surface area (Å²) >= 11 is 8.14. The van der Waals surface area contributed by atoms with E-state index < -0.39 is 17.6 Å². The second-order valence-electron chi connectivity index (χ2n) is 8.70. The highest BCUT2D eigenvalue weighted by Crippen LogP contribution is 2.46. The van der Waals surface area contributed by atoms with E-state index in [1.807, 2.05) is 55.8 Å². The van der Waals surface area contributed by atoms with E-state index in [9.17, 15) is 9.59 Å². The molecule has 1 fully saturated rings. The van der Waals surface area contributed by atoms with Gasteiger partial charge < -0.3 is 4.74 Å². The fourth-order valence-electron chi connectivity index (χ4n) is 4.71. The van der Waals surface area contributed by atoms with Crippen molar-refractivity contribution in [3.05, 3.63) is 57.8 Å². The zero-order valence-corrected chi connectivity index (χ0v) is 19.2. The van der Waals surface area contributed by atoms with Gasteiger partial charge >= 0.3 is 6.09 Å². The molecule has 3 heterocycles. The second-order valence-corrected chi connectivity index (χ2v) is 10.1. The summed E-state index contributed by atoms with van der Waals surface area (Å²) in [6.07, 6.45) is 2.63. The van der Waals surface area contributed by atoms with Gasteiger partial charge in [-0.15, -0.1) is 0 Å². The zero-order valence-electron chi connectivity index (χ0n) is 17.6. The topological polar surface area (TPSA) is 63.4 Å². The Morgan fingerprint density at radius 1 is 1.35 bits per heavy atom. The van der Waals surface area contributed by atoms with Crippen LogP contribution in [0.4, 0.5) is 4.79 Å². The molecule has 2 aliphatic rings. The Labute approximate surface area is 189 Å². The smallest absolute Gasteiger partial charge is 0.417 e. The Balaban J connectivity index is 1.45. The molecule has 0 radical (unpaired) electrons. The predicted octanol–water partition coefficient (Wildman–Crippen LogP) is 4.38. The molecule has 6 nitrogen and oxygen atoms in total. The maximum absolute atomic E-state index is 13.6. The molecule has 1 aliphatic heterocycles. The fourth-order valence-corrected chi connectivity index (χ4v) is 6.39. The van der Waals surface area contributed by atoms with E-state index in [0.29, 0.717) is 18.0 Å². The summed E-state index contributed by atoms with van der Waals surface area (Å²) in [6.45, 7) is 3.83. The first-order valence-corrected chi connectivity index (χ1v) is 11.5. The predicted molar refractivity (Wildman–Crippen MR) is 118 cm³/mol. The van der Waals surface area contributed by atoms with Crippen LogP contribution in [0.5, 0.6) is 0 Å². The number of hydrogen-bond acceptors (Lipinski definition) is 5. The van der Waals surface area contributed by atoms with E-state index in [1.54, 1.807) is 17.7 Å². The molecule has 2 amide bonds. The molecule has 1 aromatic carbocycles. The first-order valence-electron chi connectivity index (χ1n) is 10.3. The van der Waals surface area contributed by atoms with E-state index >= 15 is 0 Å².